The van der Waals surface area contributed by atoms with E-state index in [2.05, 4.69) is 20.4 Å². The summed E-state index contributed by atoms with van der Waals surface area (Å²) >= 11 is 0. The van der Waals surface area contributed by atoms with Crippen LogP contribution in [-0.4, -0.2) is 66.5 Å². The Kier molecular flexibility index (Phi) is 4.37. The van der Waals surface area contributed by atoms with Gasteiger partial charge < -0.3 is 14.6 Å². The standard InChI is InChI=1S/C17H21N5O3/c1-12-19-16(20-25-12)13-2-4-14(5-3-13)22-11-15(24-17(22)23)10-21-8-6-18-7-9-21/h2-5,15,18H,6-11H2,1H3. The molecule has 0 saturated carbocycles. The Morgan fingerprint density at radius 3 is 2.68 bits per heavy atom. The highest BCUT2D eigenvalue weighted by molar-refractivity contribution is 5.90. The van der Waals surface area contributed by atoms with E-state index in [4.69, 9.17) is 9.26 Å². The maximum Gasteiger partial charge on any atom is 0.414 e. The van der Waals surface area contributed by atoms with Crippen LogP contribution in [0.15, 0.2) is 28.8 Å². The first-order valence-corrected chi connectivity index (χ1v) is 8.51. The van der Waals surface area contributed by atoms with Crippen molar-refractivity contribution in [1.29, 1.82) is 0 Å². The molecule has 2 saturated heterocycles. The second kappa shape index (κ2) is 6.81. The average Bonchev–Trinajstić information content (AvgIpc) is 3.22. The Morgan fingerprint density at radius 1 is 1.24 bits per heavy atom. The third-order valence-corrected chi connectivity index (χ3v) is 4.51. The van der Waals surface area contributed by atoms with Gasteiger partial charge in [-0.1, -0.05) is 5.16 Å². The molecule has 2 aromatic rings. The topological polar surface area (TPSA) is 83.7 Å². The van der Waals surface area contributed by atoms with E-state index >= 15 is 0 Å². The predicted octanol–water partition coefficient (Wildman–Crippen LogP) is 1.28. The second-order valence-electron chi connectivity index (χ2n) is 6.35. The van der Waals surface area contributed by atoms with Crippen LogP contribution in [0.5, 0.6) is 0 Å². The Morgan fingerprint density at radius 2 is 2.00 bits per heavy atom. The summed E-state index contributed by atoms with van der Waals surface area (Å²) in [4.78, 5) is 20.4. The minimum absolute atomic E-state index is 0.0925. The number of amides is 1. The van der Waals surface area contributed by atoms with E-state index in [0.717, 1.165) is 44.0 Å². The largest absolute Gasteiger partial charge is 0.443 e. The molecule has 0 bridgehead atoms. The lowest BCUT2D eigenvalue weighted by Crippen LogP contribution is -2.46. The van der Waals surface area contributed by atoms with Crippen LogP contribution in [-0.2, 0) is 4.74 Å². The molecule has 1 N–H and O–H groups in total. The van der Waals surface area contributed by atoms with Gasteiger partial charge in [-0.05, 0) is 24.3 Å². The number of carbonyl (C=O) groups is 1. The minimum atomic E-state index is -0.289. The Bertz CT molecular complexity index is 739. The number of ether oxygens (including phenoxy) is 1. The number of cyclic esters (lactones) is 1. The van der Waals surface area contributed by atoms with Crippen LogP contribution in [0.25, 0.3) is 11.4 Å². The molecule has 2 aliphatic rings. The summed E-state index contributed by atoms with van der Waals surface area (Å²) in [7, 11) is 0. The fourth-order valence-electron chi connectivity index (χ4n) is 3.22. The molecule has 0 spiro atoms. The van der Waals surface area contributed by atoms with E-state index < -0.39 is 0 Å². The van der Waals surface area contributed by atoms with Crippen LogP contribution in [0.4, 0.5) is 10.5 Å². The highest BCUT2D eigenvalue weighted by Gasteiger charge is 2.33. The number of hydrogen-bond acceptors (Lipinski definition) is 7. The highest BCUT2D eigenvalue weighted by atomic mass is 16.6. The molecular weight excluding hydrogens is 322 g/mol. The summed E-state index contributed by atoms with van der Waals surface area (Å²) in [6.45, 7) is 7.07. The number of aryl methyl sites for hydroxylation is 1. The third kappa shape index (κ3) is 3.49. The van der Waals surface area contributed by atoms with Crippen LogP contribution in [0.2, 0.25) is 0 Å². The van der Waals surface area contributed by atoms with Gasteiger partial charge in [-0.2, -0.15) is 4.98 Å². The van der Waals surface area contributed by atoms with E-state index in [0.29, 0.717) is 18.3 Å². The smallest absolute Gasteiger partial charge is 0.414 e. The van der Waals surface area contributed by atoms with Crippen molar-refractivity contribution in [2.24, 2.45) is 0 Å². The molecule has 3 heterocycles. The first kappa shape index (κ1) is 16.0. The van der Waals surface area contributed by atoms with Crippen LogP contribution in [0.1, 0.15) is 5.89 Å². The van der Waals surface area contributed by atoms with Gasteiger partial charge in [0, 0.05) is 50.9 Å². The number of nitrogens with one attached hydrogen (secondary N) is 1. The van der Waals surface area contributed by atoms with Crippen molar-refractivity contribution < 1.29 is 14.1 Å². The molecule has 25 heavy (non-hydrogen) atoms. The van der Waals surface area contributed by atoms with Crippen molar-refractivity contribution in [3.8, 4) is 11.4 Å². The van der Waals surface area contributed by atoms with Crippen molar-refractivity contribution in [2.45, 2.75) is 13.0 Å². The molecule has 4 rings (SSSR count). The van der Waals surface area contributed by atoms with Crippen molar-refractivity contribution in [1.82, 2.24) is 20.4 Å². The van der Waals surface area contributed by atoms with E-state index in [1.165, 1.54) is 0 Å². The molecule has 1 aromatic heterocycles. The summed E-state index contributed by atoms with van der Waals surface area (Å²) in [5, 5.41) is 7.23. The number of anilines is 1. The van der Waals surface area contributed by atoms with Gasteiger partial charge in [0.2, 0.25) is 11.7 Å². The van der Waals surface area contributed by atoms with Gasteiger partial charge in [-0.15, -0.1) is 0 Å². The quantitative estimate of drug-likeness (QED) is 0.895. The predicted molar refractivity (Wildman–Crippen MR) is 91.4 cm³/mol. The normalized spacial score (nSPS) is 21.6. The molecule has 1 amide bonds. The molecule has 8 heteroatoms. The zero-order chi connectivity index (χ0) is 17.2. The number of rotatable bonds is 4. The fourth-order valence-corrected chi connectivity index (χ4v) is 3.22. The van der Waals surface area contributed by atoms with Crippen molar-refractivity contribution in [3.05, 3.63) is 30.2 Å². The zero-order valence-corrected chi connectivity index (χ0v) is 14.1. The lowest BCUT2D eigenvalue weighted by molar-refractivity contribution is 0.104. The van der Waals surface area contributed by atoms with Gasteiger partial charge in [0.25, 0.3) is 0 Å². The zero-order valence-electron chi connectivity index (χ0n) is 14.1. The van der Waals surface area contributed by atoms with Gasteiger partial charge in [-0.25, -0.2) is 4.79 Å². The van der Waals surface area contributed by atoms with E-state index in [9.17, 15) is 4.79 Å². The molecule has 1 unspecified atom stereocenters. The molecular formula is C17H21N5O3. The molecule has 1 aromatic carbocycles. The van der Waals surface area contributed by atoms with Crippen molar-refractivity contribution >= 4 is 11.8 Å². The summed E-state index contributed by atoms with van der Waals surface area (Å²) in [5.41, 5.74) is 1.67. The van der Waals surface area contributed by atoms with Gasteiger partial charge >= 0.3 is 6.09 Å². The molecule has 0 aliphatic carbocycles. The number of nitrogens with zero attached hydrogens (tertiary/aromatic N) is 4. The Hall–Kier alpha value is -2.45. The first-order chi connectivity index (χ1) is 12.2. The van der Waals surface area contributed by atoms with Crippen LogP contribution in [0, 0.1) is 6.92 Å². The van der Waals surface area contributed by atoms with Gasteiger partial charge in [0.05, 0.1) is 6.54 Å². The maximum atomic E-state index is 12.2. The van der Waals surface area contributed by atoms with Gasteiger partial charge in [0.15, 0.2) is 0 Å². The Balaban J connectivity index is 1.41. The van der Waals surface area contributed by atoms with Gasteiger partial charge in [-0.3, -0.25) is 9.80 Å². The lowest BCUT2D eigenvalue weighted by atomic mass is 10.2. The van der Waals surface area contributed by atoms with Crippen LogP contribution >= 0.6 is 0 Å². The molecule has 8 nitrogen and oxygen atoms in total. The summed E-state index contributed by atoms with van der Waals surface area (Å²) in [6.07, 6.45) is -0.381. The minimum Gasteiger partial charge on any atom is -0.443 e. The number of benzene rings is 1. The lowest BCUT2D eigenvalue weighted by Gasteiger charge is -2.28. The maximum absolute atomic E-state index is 12.2. The summed E-state index contributed by atoms with van der Waals surface area (Å²) in [6, 6.07) is 7.54. The molecule has 2 aliphatic heterocycles. The van der Waals surface area contributed by atoms with E-state index in [1.54, 1.807) is 11.8 Å². The molecule has 132 valence electrons. The highest BCUT2D eigenvalue weighted by Crippen LogP contribution is 2.25. The van der Waals surface area contributed by atoms with E-state index in [1.807, 2.05) is 24.3 Å². The number of hydrogen-bond donors (Lipinski definition) is 1. The number of carbonyl (C=O) groups excluding carboxylic acids is 1. The first-order valence-electron chi connectivity index (χ1n) is 8.51. The third-order valence-electron chi connectivity index (χ3n) is 4.51. The van der Waals surface area contributed by atoms with Gasteiger partial charge in [0.1, 0.15) is 6.10 Å². The Labute approximate surface area is 145 Å². The summed E-state index contributed by atoms with van der Waals surface area (Å²) < 4.78 is 10.5. The molecule has 2 fully saturated rings. The fraction of sp³-hybridized carbons (Fsp3) is 0.471. The molecule has 0 radical (unpaired) electrons. The van der Waals surface area contributed by atoms with Crippen molar-refractivity contribution in [3.63, 3.8) is 0 Å². The van der Waals surface area contributed by atoms with Crippen LogP contribution < -0.4 is 10.2 Å². The monoisotopic (exact) mass is 343 g/mol. The average molecular weight is 343 g/mol. The summed E-state index contributed by atoms with van der Waals surface area (Å²) in [5.74, 6) is 1.07. The second-order valence-corrected chi connectivity index (χ2v) is 6.35. The number of aromatic nitrogens is 2. The van der Waals surface area contributed by atoms with E-state index in [-0.39, 0.29) is 12.2 Å². The van der Waals surface area contributed by atoms with Crippen molar-refractivity contribution in [2.75, 3.05) is 44.2 Å². The molecule has 1 atom stereocenters. The number of piperazine rings is 1. The van der Waals surface area contributed by atoms with Crippen LogP contribution in [0.3, 0.4) is 0 Å². The SMILES string of the molecule is Cc1nc(-c2ccc(N3CC(CN4CCNCC4)OC3=O)cc2)no1.